The lowest BCUT2D eigenvalue weighted by Gasteiger charge is -2.40. The van der Waals surface area contributed by atoms with Crippen LogP contribution in [0.3, 0.4) is 0 Å². The van der Waals surface area contributed by atoms with Crippen LogP contribution in [0.5, 0.6) is 0 Å². The van der Waals surface area contributed by atoms with Gasteiger partial charge in [0.05, 0.1) is 5.60 Å². The van der Waals surface area contributed by atoms with Gasteiger partial charge in [0.1, 0.15) is 5.41 Å². The fourth-order valence-electron chi connectivity index (χ4n) is 5.74. The molecule has 1 fully saturated rings. The van der Waals surface area contributed by atoms with Crippen molar-refractivity contribution < 1.29 is 9.90 Å². The Morgan fingerprint density at radius 1 is 0.818 bits per heavy atom. The van der Waals surface area contributed by atoms with Crippen molar-refractivity contribution in [2.75, 3.05) is 31.1 Å². The summed E-state index contributed by atoms with van der Waals surface area (Å²) in [5.74, 6) is 0.176. The Balaban J connectivity index is 1.40. The summed E-state index contributed by atoms with van der Waals surface area (Å²) in [6.07, 6.45) is 2.15. The van der Waals surface area contributed by atoms with E-state index in [0.29, 0.717) is 19.4 Å². The molecule has 0 aromatic heterocycles. The number of carbonyl (C=O) groups is 1. The number of fused-ring (bicyclic) bond motifs is 1. The van der Waals surface area contributed by atoms with Gasteiger partial charge in [0.15, 0.2) is 0 Å². The smallest absolute Gasteiger partial charge is 0.242 e. The molecule has 2 aliphatic heterocycles. The summed E-state index contributed by atoms with van der Waals surface area (Å²) in [4.78, 5) is 18.3. The number of carbonyl (C=O) groups excluding carboxylic acids is 1. The van der Waals surface area contributed by atoms with Crippen molar-refractivity contribution in [1.82, 2.24) is 4.90 Å². The molecule has 3 aromatic carbocycles. The van der Waals surface area contributed by atoms with Crippen molar-refractivity contribution in [3.05, 3.63) is 102 Å². The maximum atomic E-state index is 13.9. The van der Waals surface area contributed by atoms with E-state index in [1.807, 2.05) is 72.5 Å². The zero-order valence-corrected chi connectivity index (χ0v) is 19.3. The van der Waals surface area contributed by atoms with Crippen molar-refractivity contribution in [2.45, 2.75) is 37.2 Å². The van der Waals surface area contributed by atoms with E-state index in [4.69, 9.17) is 0 Å². The number of anilines is 1. The highest BCUT2D eigenvalue weighted by molar-refractivity contribution is 6.10. The summed E-state index contributed by atoms with van der Waals surface area (Å²) in [7, 11) is 0. The molecule has 33 heavy (non-hydrogen) atoms. The monoisotopic (exact) mass is 440 g/mol. The Hall–Kier alpha value is -2.95. The van der Waals surface area contributed by atoms with Crippen molar-refractivity contribution in [2.24, 2.45) is 0 Å². The van der Waals surface area contributed by atoms with Gasteiger partial charge in [-0.3, -0.25) is 4.79 Å². The number of nitrogens with zero attached hydrogens (tertiary/aromatic N) is 2. The summed E-state index contributed by atoms with van der Waals surface area (Å²) >= 11 is 0. The molecule has 2 heterocycles. The summed E-state index contributed by atoms with van der Waals surface area (Å²) in [5, 5.41) is 11.2. The molecule has 1 atom stereocenters. The lowest BCUT2D eigenvalue weighted by molar-refractivity contribution is -0.122. The topological polar surface area (TPSA) is 43.8 Å². The number of rotatable bonds is 6. The lowest BCUT2D eigenvalue weighted by atomic mass is 9.72. The van der Waals surface area contributed by atoms with Gasteiger partial charge < -0.3 is 14.9 Å². The summed E-state index contributed by atoms with van der Waals surface area (Å²) in [5.41, 5.74) is 2.79. The first kappa shape index (κ1) is 21.9. The van der Waals surface area contributed by atoms with E-state index >= 15 is 0 Å². The SMILES string of the molecule is CCN1C(=O)C(CCN2CCC(O)(c3ccccc3)CC2)(c2ccccc2)c2ccccc21. The van der Waals surface area contributed by atoms with Crippen molar-refractivity contribution in [3.63, 3.8) is 0 Å². The minimum Gasteiger partial charge on any atom is -0.385 e. The van der Waals surface area contributed by atoms with E-state index in [1.54, 1.807) is 0 Å². The number of piperidine rings is 1. The standard InChI is InChI=1S/C29H32N2O2/c1-2-31-26-16-10-9-15-25(26)29(27(31)32,24-13-7-4-8-14-24)19-22-30-20-17-28(33,18-21-30)23-11-5-3-6-12-23/h3-16,33H,2,17-22H2,1H3. The predicted molar refractivity (Wildman–Crippen MR) is 132 cm³/mol. The summed E-state index contributed by atoms with van der Waals surface area (Å²) in [6.45, 7) is 5.17. The second kappa shape index (κ2) is 8.77. The number of hydrogen-bond acceptors (Lipinski definition) is 3. The third-order valence-electron chi connectivity index (χ3n) is 7.65. The number of hydrogen-bond donors (Lipinski definition) is 1. The van der Waals surface area contributed by atoms with Gasteiger partial charge in [0.2, 0.25) is 5.91 Å². The van der Waals surface area contributed by atoms with Crippen molar-refractivity contribution >= 4 is 11.6 Å². The molecule has 5 rings (SSSR count). The lowest BCUT2D eigenvalue weighted by Crippen LogP contribution is -2.46. The van der Waals surface area contributed by atoms with Gasteiger partial charge >= 0.3 is 0 Å². The van der Waals surface area contributed by atoms with Crippen LogP contribution in [0.1, 0.15) is 42.9 Å². The van der Waals surface area contributed by atoms with Crippen molar-refractivity contribution in [1.29, 1.82) is 0 Å². The Morgan fingerprint density at radius 3 is 2.03 bits per heavy atom. The number of benzene rings is 3. The Morgan fingerprint density at radius 2 is 1.39 bits per heavy atom. The van der Waals surface area contributed by atoms with Crippen LogP contribution in [-0.2, 0) is 15.8 Å². The minimum absolute atomic E-state index is 0.176. The average molecular weight is 441 g/mol. The van der Waals surface area contributed by atoms with E-state index in [9.17, 15) is 9.90 Å². The quantitative estimate of drug-likeness (QED) is 0.604. The highest BCUT2D eigenvalue weighted by atomic mass is 16.3. The molecule has 4 heteroatoms. The molecular weight excluding hydrogens is 408 g/mol. The molecule has 1 amide bonds. The number of amides is 1. The van der Waals surface area contributed by atoms with Crippen LogP contribution in [-0.4, -0.2) is 42.1 Å². The first-order valence-electron chi connectivity index (χ1n) is 12.1. The number of likely N-dealkylation sites (N-methyl/N-ethyl adjacent to an activating group) is 1. The third kappa shape index (κ3) is 3.68. The summed E-state index contributed by atoms with van der Waals surface area (Å²) in [6, 6.07) is 28.5. The molecule has 0 radical (unpaired) electrons. The van der Waals surface area contributed by atoms with Crippen LogP contribution in [0, 0.1) is 0 Å². The number of likely N-dealkylation sites (tertiary alicyclic amines) is 1. The molecule has 2 aliphatic rings. The predicted octanol–water partition coefficient (Wildman–Crippen LogP) is 4.71. The Bertz CT molecular complexity index is 1110. The van der Waals surface area contributed by atoms with Gasteiger partial charge in [0.25, 0.3) is 0 Å². The van der Waals surface area contributed by atoms with E-state index in [2.05, 4.69) is 29.2 Å². The third-order valence-corrected chi connectivity index (χ3v) is 7.65. The van der Waals surface area contributed by atoms with Gasteiger partial charge in [-0.05, 0) is 55.5 Å². The molecule has 1 N–H and O–H groups in total. The molecule has 0 aliphatic carbocycles. The summed E-state index contributed by atoms with van der Waals surface area (Å²) < 4.78 is 0. The maximum Gasteiger partial charge on any atom is 0.242 e. The van der Waals surface area contributed by atoms with E-state index < -0.39 is 11.0 Å². The normalized spacial score (nSPS) is 22.4. The Labute approximate surface area is 196 Å². The largest absolute Gasteiger partial charge is 0.385 e. The van der Waals surface area contributed by atoms with Crippen LogP contribution < -0.4 is 4.90 Å². The number of aliphatic hydroxyl groups is 1. The van der Waals surface area contributed by atoms with Gasteiger partial charge in [-0.15, -0.1) is 0 Å². The van der Waals surface area contributed by atoms with Crippen LogP contribution in [0.2, 0.25) is 0 Å². The molecule has 170 valence electrons. The van der Waals surface area contributed by atoms with E-state index in [1.165, 1.54) is 0 Å². The molecule has 1 unspecified atom stereocenters. The first-order valence-corrected chi connectivity index (χ1v) is 12.1. The Kier molecular flexibility index (Phi) is 5.81. The van der Waals surface area contributed by atoms with Gasteiger partial charge in [-0.25, -0.2) is 0 Å². The molecule has 0 saturated carbocycles. The van der Waals surface area contributed by atoms with Crippen LogP contribution in [0.4, 0.5) is 5.69 Å². The fraction of sp³-hybridized carbons (Fsp3) is 0.345. The molecule has 3 aromatic rings. The zero-order valence-electron chi connectivity index (χ0n) is 19.3. The second-order valence-electron chi connectivity index (χ2n) is 9.33. The molecule has 0 bridgehead atoms. The average Bonchev–Trinajstić information content (AvgIpc) is 3.12. The maximum absolute atomic E-state index is 13.9. The zero-order chi connectivity index (χ0) is 22.9. The van der Waals surface area contributed by atoms with Gasteiger partial charge in [0, 0.05) is 25.3 Å². The van der Waals surface area contributed by atoms with Crippen LogP contribution in [0.15, 0.2) is 84.9 Å². The van der Waals surface area contributed by atoms with Gasteiger partial charge in [-0.1, -0.05) is 78.9 Å². The van der Waals surface area contributed by atoms with E-state index in [-0.39, 0.29) is 5.91 Å². The van der Waals surface area contributed by atoms with Crippen LogP contribution >= 0.6 is 0 Å². The second-order valence-corrected chi connectivity index (χ2v) is 9.33. The highest BCUT2D eigenvalue weighted by Gasteiger charge is 2.51. The number of para-hydroxylation sites is 1. The fourth-order valence-corrected chi connectivity index (χ4v) is 5.74. The van der Waals surface area contributed by atoms with Crippen LogP contribution in [0.25, 0.3) is 0 Å². The molecular formula is C29H32N2O2. The minimum atomic E-state index is -0.760. The first-order chi connectivity index (χ1) is 16.1. The van der Waals surface area contributed by atoms with E-state index in [0.717, 1.165) is 48.4 Å². The van der Waals surface area contributed by atoms with Gasteiger partial charge in [-0.2, -0.15) is 0 Å². The molecule has 4 nitrogen and oxygen atoms in total. The molecule has 0 spiro atoms. The highest BCUT2D eigenvalue weighted by Crippen LogP contribution is 2.48. The van der Waals surface area contributed by atoms with Crippen molar-refractivity contribution in [3.8, 4) is 0 Å². The molecule has 1 saturated heterocycles.